The summed E-state index contributed by atoms with van der Waals surface area (Å²) in [6.45, 7) is 5.51. The van der Waals surface area contributed by atoms with Crippen LogP contribution in [0.4, 0.5) is 5.69 Å². The maximum absolute atomic E-state index is 6.12. The maximum Gasteiger partial charge on any atom is 0.0526 e. The number of nitrogens with zero attached hydrogens (tertiary/aromatic N) is 1. The Labute approximate surface area is 122 Å². The van der Waals surface area contributed by atoms with Crippen LogP contribution in [0.2, 0.25) is 5.02 Å². The van der Waals surface area contributed by atoms with Gasteiger partial charge in [-0.3, -0.25) is 0 Å². The number of anilines is 1. The van der Waals surface area contributed by atoms with E-state index in [1.165, 1.54) is 18.5 Å². The van der Waals surface area contributed by atoms with Gasteiger partial charge in [0.25, 0.3) is 0 Å². The van der Waals surface area contributed by atoms with E-state index < -0.39 is 0 Å². The highest BCUT2D eigenvalue weighted by Crippen LogP contribution is 2.42. The van der Waals surface area contributed by atoms with Crippen molar-refractivity contribution < 1.29 is 0 Å². The van der Waals surface area contributed by atoms with Gasteiger partial charge in [0, 0.05) is 34.7 Å². The zero-order chi connectivity index (χ0) is 12.8. The summed E-state index contributed by atoms with van der Waals surface area (Å²) < 4.78 is 1.13. The van der Waals surface area contributed by atoms with Gasteiger partial charge >= 0.3 is 0 Å². The first-order chi connectivity index (χ1) is 8.58. The normalized spacial score (nSPS) is 28.5. The molecule has 98 valence electrons. The summed E-state index contributed by atoms with van der Waals surface area (Å²) in [6, 6.07) is 6.02. The minimum absolute atomic E-state index is 0.264. The fraction of sp³-hybridized carbons (Fsp3) is 0.571. The predicted octanol–water partition coefficient (Wildman–Crippen LogP) is 3.68. The molecule has 1 saturated carbocycles. The molecule has 0 aromatic heterocycles. The van der Waals surface area contributed by atoms with Crippen molar-refractivity contribution in [2.24, 2.45) is 5.92 Å². The average molecular weight is 330 g/mol. The minimum Gasteiger partial charge on any atom is -0.367 e. The van der Waals surface area contributed by atoms with Crippen LogP contribution in [-0.4, -0.2) is 25.2 Å². The van der Waals surface area contributed by atoms with Crippen LogP contribution in [0, 0.1) is 5.92 Å². The summed E-state index contributed by atoms with van der Waals surface area (Å²) in [7, 11) is 0. The fourth-order valence-electron chi connectivity index (χ4n) is 2.94. The van der Waals surface area contributed by atoms with E-state index in [9.17, 15) is 0 Å². The fourth-order valence-corrected chi connectivity index (χ4v) is 3.60. The molecule has 1 N–H and O–H groups in total. The predicted molar refractivity (Wildman–Crippen MR) is 80.5 cm³/mol. The highest BCUT2D eigenvalue weighted by atomic mass is 79.9. The van der Waals surface area contributed by atoms with E-state index in [2.05, 4.69) is 39.1 Å². The number of rotatable bonds is 2. The van der Waals surface area contributed by atoms with Crippen molar-refractivity contribution in [3.63, 3.8) is 0 Å². The quantitative estimate of drug-likeness (QED) is 0.890. The number of piperazine rings is 1. The topological polar surface area (TPSA) is 15.3 Å². The lowest BCUT2D eigenvalue weighted by atomic mass is 9.92. The molecule has 1 atom stereocenters. The Morgan fingerprint density at radius 2 is 2.22 bits per heavy atom. The van der Waals surface area contributed by atoms with Crippen molar-refractivity contribution >= 4 is 33.2 Å². The van der Waals surface area contributed by atoms with Gasteiger partial charge < -0.3 is 10.2 Å². The third-order valence-electron chi connectivity index (χ3n) is 4.16. The minimum atomic E-state index is 0.264. The molecule has 1 aliphatic carbocycles. The lowest BCUT2D eigenvalue weighted by Crippen LogP contribution is -2.60. The van der Waals surface area contributed by atoms with E-state index in [1.807, 2.05) is 12.1 Å². The third-order valence-corrected chi connectivity index (χ3v) is 5.06. The summed E-state index contributed by atoms with van der Waals surface area (Å²) in [6.07, 6.45) is 2.74. The van der Waals surface area contributed by atoms with Crippen LogP contribution in [0.25, 0.3) is 0 Å². The van der Waals surface area contributed by atoms with Crippen molar-refractivity contribution in [1.29, 1.82) is 0 Å². The molecule has 1 aromatic rings. The Hall–Kier alpha value is -0.250. The van der Waals surface area contributed by atoms with Crippen LogP contribution in [0.15, 0.2) is 22.7 Å². The van der Waals surface area contributed by atoms with Crippen molar-refractivity contribution in [3.05, 3.63) is 27.7 Å². The molecular formula is C14H18BrClN2. The van der Waals surface area contributed by atoms with Gasteiger partial charge in [0.2, 0.25) is 0 Å². The number of halogens is 2. The Kier molecular flexibility index (Phi) is 3.33. The first kappa shape index (κ1) is 12.8. The molecule has 2 nitrogen and oxygen atoms in total. The highest BCUT2D eigenvalue weighted by molar-refractivity contribution is 9.10. The summed E-state index contributed by atoms with van der Waals surface area (Å²) >= 11 is 9.75. The Morgan fingerprint density at radius 1 is 1.44 bits per heavy atom. The van der Waals surface area contributed by atoms with Gasteiger partial charge in [-0.25, -0.2) is 0 Å². The van der Waals surface area contributed by atoms with Crippen LogP contribution in [0.5, 0.6) is 0 Å². The molecule has 3 rings (SSSR count). The Morgan fingerprint density at radius 3 is 2.94 bits per heavy atom. The zero-order valence-electron chi connectivity index (χ0n) is 10.5. The lowest BCUT2D eigenvalue weighted by Gasteiger charge is -2.43. The summed E-state index contributed by atoms with van der Waals surface area (Å²) in [5.41, 5.74) is 1.48. The zero-order valence-corrected chi connectivity index (χ0v) is 12.9. The lowest BCUT2D eigenvalue weighted by molar-refractivity contribution is 0.285. The van der Waals surface area contributed by atoms with Gasteiger partial charge in [-0.05, 0) is 59.8 Å². The number of hydrogen-bond donors (Lipinski definition) is 1. The molecule has 1 aliphatic heterocycles. The monoisotopic (exact) mass is 328 g/mol. The standard InChI is InChI=1S/C14H18BrClN2/c1-14(10-2-3-10)9-18(7-6-17-14)13-8-11(16)4-5-12(13)15/h4-5,8,10,17H,2-3,6-7,9H2,1H3. The molecule has 1 heterocycles. The van der Waals surface area contributed by atoms with Crippen LogP contribution in [0.1, 0.15) is 19.8 Å². The van der Waals surface area contributed by atoms with Gasteiger partial charge in [-0.15, -0.1) is 0 Å². The van der Waals surface area contributed by atoms with E-state index >= 15 is 0 Å². The van der Waals surface area contributed by atoms with Crippen LogP contribution < -0.4 is 10.2 Å². The van der Waals surface area contributed by atoms with Crippen molar-refractivity contribution in [2.45, 2.75) is 25.3 Å². The summed E-state index contributed by atoms with van der Waals surface area (Å²) in [5.74, 6) is 0.846. The molecule has 0 bridgehead atoms. The molecule has 4 heteroatoms. The van der Waals surface area contributed by atoms with Gasteiger partial charge in [0.1, 0.15) is 0 Å². The maximum atomic E-state index is 6.12. The number of hydrogen-bond acceptors (Lipinski definition) is 2. The van der Waals surface area contributed by atoms with Gasteiger partial charge in [-0.2, -0.15) is 0 Å². The molecular weight excluding hydrogens is 312 g/mol. The summed E-state index contributed by atoms with van der Waals surface area (Å²) in [5, 5.41) is 4.51. The van der Waals surface area contributed by atoms with E-state index in [-0.39, 0.29) is 5.54 Å². The van der Waals surface area contributed by atoms with Crippen molar-refractivity contribution in [3.8, 4) is 0 Å². The van der Waals surface area contributed by atoms with Gasteiger partial charge in [0.15, 0.2) is 0 Å². The SMILES string of the molecule is CC1(C2CC2)CN(c2cc(Cl)ccc2Br)CCN1. The molecule has 1 aromatic carbocycles. The molecule has 1 saturated heterocycles. The second kappa shape index (κ2) is 4.69. The molecule has 0 amide bonds. The van der Waals surface area contributed by atoms with E-state index in [1.54, 1.807) is 0 Å². The molecule has 1 unspecified atom stereocenters. The molecule has 0 radical (unpaired) electrons. The van der Waals surface area contributed by atoms with Gasteiger partial charge in [-0.1, -0.05) is 11.6 Å². The molecule has 0 spiro atoms. The number of benzene rings is 1. The first-order valence-electron chi connectivity index (χ1n) is 6.53. The Balaban J connectivity index is 1.85. The second-order valence-electron chi connectivity index (χ2n) is 5.64. The van der Waals surface area contributed by atoms with Crippen LogP contribution >= 0.6 is 27.5 Å². The largest absolute Gasteiger partial charge is 0.367 e. The van der Waals surface area contributed by atoms with E-state index in [4.69, 9.17) is 11.6 Å². The highest BCUT2D eigenvalue weighted by Gasteiger charge is 2.44. The van der Waals surface area contributed by atoms with E-state index in [0.717, 1.165) is 35.0 Å². The average Bonchev–Trinajstić information content (AvgIpc) is 3.17. The Bertz CT molecular complexity index is 461. The van der Waals surface area contributed by atoms with Gasteiger partial charge in [0.05, 0.1) is 5.69 Å². The molecule has 2 fully saturated rings. The molecule has 18 heavy (non-hydrogen) atoms. The third kappa shape index (κ3) is 2.40. The first-order valence-corrected chi connectivity index (χ1v) is 7.71. The van der Waals surface area contributed by atoms with Crippen LogP contribution in [0.3, 0.4) is 0 Å². The van der Waals surface area contributed by atoms with Crippen LogP contribution in [-0.2, 0) is 0 Å². The summed E-state index contributed by atoms with van der Waals surface area (Å²) in [4.78, 5) is 2.45. The number of nitrogens with one attached hydrogen (secondary N) is 1. The van der Waals surface area contributed by atoms with E-state index in [0.29, 0.717) is 0 Å². The van der Waals surface area contributed by atoms with Crippen molar-refractivity contribution in [2.75, 3.05) is 24.5 Å². The van der Waals surface area contributed by atoms with Crippen molar-refractivity contribution in [1.82, 2.24) is 5.32 Å². The molecule has 2 aliphatic rings. The second-order valence-corrected chi connectivity index (χ2v) is 6.93. The smallest absolute Gasteiger partial charge is 0.0526 e.